The van der Waals surface area contributed by atoms with Crippen LogP contribution in [-0.2, 0) is 11.3 Å². The molecule has 0 radical (unpaired) electrons. The second kappa shape index (κ2) is 8.12. The third-order valence-corrected chi connectivity index (χ3v) is 4.84. The molecule has 3 N–H and O–H groups in total. The van der Waals surface area contributed by atoms with Crippen molar-refractivity contribution in [3.05, 3.63) is 51.9 Å². The number of anilines is 1. The lowest BCUT2D eigenvalue weighted by molar-refractivity contribution is -0.122. The van der Waals surface area contributed by atoms with E-state index < -0.39 is 11.6 Å². The van der Waals surface area contributed by atoms with Gasteiger partial charge in [-0.05, 0) is 31.2 Å². The maximum atomic E-state index is 12.2. The summed E-state index contributed by atoms with van der Waals surface area (Å²) in [5.74, 6) is 0.471. The highest BCUT2D eigenvalue weighted by Crippen LogP contribution is 2.27. The summed E-state index contributed by atoms with van der Waals surface area (Å²) in [7, 11) is 0. The molecular formula is C19H25N5O2. The molecule has 1 unspecified atom stereocenters. The van der Waals surface area contributed by atoms with E-state index in [4.69, 9.17) is 5.73 Å². The van der Waals surface area contributed by atoms with Crippen LogP contribution in [0.5, 0.6) is 0 Å². The Morgan fingerprint density at radius 1 is 1.31 bits per heavy atom. The van der Waals surface area contributed by atoms with Crippen molar-refractivity contribution in [3.63, 3.8) is 0 Å². The summed E-state index contributed by atoms with van der Waals surface area (Å²) in [5, 5.41) is 7.23. The molecule has 138 valence electrons. The molecule has 1 aromatic heterocycles. The van der Waals surface area contributed by atoms with E-state index >= 15 is 0 Å². The first-order valence-electron chi connectivity index (χ1n) is 9.10. The van der Waals surface area contributed by atoms with Crippen molar-refractivity contribution < 1.29 is 4.79 Å². The fourth-order valence-electron chi connectivity index (χ4n) is 3.43. The Bertz CT molecular complexity index is 812. The number of carbonyl (C=O) groups excluding carboxylic acids is 1. The topological polar surface area (TPSA) is 103 Å². The van der Waals surface area contributed by atoms with Gasteiger partial charge < -0.3 is 11.1 Å². The molecule has 7 nitrogen and oxygen atoms in total. The number of nitrogens with zero attached hydrogens (tertiary/aromatic N) is 3. The number of benzene rings is 1. The van der Waals surface area contributed by atoms with Gasteiger partial charge in [-0.15, -0.1) is 0 Å². The largest absolute Gasteiger partial charge is 0.368 e. The zero-order valence-electron chi connectivity index (χ0n) is 15.0. The van der Waals surface area contributed by atoms with Crippen LogP contribution in [0.25, 0.3) is 0 Å². The maximum absolute atomic E-state index is 12.2. The lowest BCUT2D eigenvalue weighted by Gasteiger charge is -2.16. The molecule has 1 fully saturated rings. The molecule has 0 spiro atoms. The summed E-state index contributed by atoms with van der Waals surface area (Å²) >= 11 is 0. The number of carbonyl (C=O) groups is 1. The monoisotopic (exact) mass is 355 g/mol. The van der Waals surface area contributed by atoms with Gasteiger partial charge in [0.15, 0.2) is 5.69 Å². The average Bonchev–Trinajstić information content (AvgIpc) is 3.11. The Hall–Kier alpha value is -2.70. The predicted molar refractivity (Wildman–Crippen MR) is 99.4 cm³/mol. The van der Waals surface area contributed by atoms with Gasteiger partial charge in [-0.3, -0.25) is 9.59 Å². The lowest BCUT2D eigenvalue weighted by atomic mass is 10.0. The molecule has 1 amide bonds. The third-order valence-electron chi connectivity index (χ3n) is 4.84. The van der Waals surface area contributed by atoms with Crippen LogP contribution >= 0.6 is 0 Å². The van der Waals surface area contributed by atoms with Crippen molar-refractivity contribution >= 4 is 11.9 Å². The van der Waals surface area contributed by atoms with Gasteiger partial charge in [0, 0.05) is 6.42 Å². The third kappa shape index (κ3) is 4.47. The molecule has 0 bridgehead atoms. The minimum atomic E-state index is -0.508. The van der Waals surface area contributed by atoms with E-state index in [2.05, 4.69) is 15.4 Å². The molecule has 7 heteroatoms. The second-order valence-corrected chi connectivity index (χ2v) is 6.95. The van der Waals surface area contributed by atoms with Crippen molar-refractivity contribution in [1.29, 1.82) is 0 Å². The molecule has 0 saturated heterocycles. The number of aromatic nitrogens is 3. The number of rotatable bonds is 6. The van der Waals surface area contributed by atoms with Gasteiger partial charge in [-0.1, -0.05) is 43.2 Å². The number of nitrogens with one attached hydrogen (secondary N) is 1. The number of nitrogen functional groups attached to an aromatic ring is 1. The summed E-state index contributed by atoms with van der Waals surface area (Å²) in [5.41, 5.74) is 6.56. The first-order chi connectivity index (χ1) is 12.5. The fourth-order valence-corrected chi connectivity index (χ4v) is 3.43. The van der Waals surface area contributed by atoms with Crippen LogP contribution in [0.15, 0.2) is 35.1 Å². The van der Waals surface area contributed by atoms with Crippen molar-refractivity contribution in [3.8, 4) is 0 Å². The Labute approximate surface area is 152 Å². The Balaban J connectivity index is 1.72. The zero-order chi connectivity index (χ0) is 18.5. The lowest BCUT2D eigenvalue weighted by Crippen LogP contribution is -2.34. The molecule has 3 rings (SSSR count). The predicted octanol–water partition coefficient (Wildman–Crippen LogP) is 2.03. The van der Waals surface area contributed by atoms with Gasteiger partial charge in [0.05, 0.1) is 12.6 Å². The summed E-state index contributed by atoms with van der Waals surface area (Å²) in [6.07, 6.45) is 5.11. The van der Waals surface area contributed by atoms with Crippen LogP contribution in [0.4, 0.5) is 5.95 Å². The van der Waals surface area contributed by atoms with Gasteiger partial charge in [-0.25, -0.2) is 4.68 Å². The number of hydrogen-bond acceptors (Lipinski definition) is 5. The van der Waals surface area contributed by atoms with Crippen LogP contribution in [0, 0.1) is 5.92 Å². The SMILES string of the molecule is CC(NC(=O)CC1CCCC1)c1nn(Cc2ccccc2)c(N)nc1=O. The van der Waals surface area contributed by atoms with E-state index in [9.17, 15) is 9.59 Å². The van der Waals surface area contributed by atoms with Crippen LogP contribution < -0.4 is 16.6 Å². The van der Waals surface area contributed by atoms with Crippen LogP contribution in [0.3, 0.4) is 0 Å². The van der Waals surface area contributed by atoms with E-state index in [1.165, 1.54) is 17.5 Å². The normalized spacial score (nSPS) is 15.7. The molecule has 1 heterocycles. The van der Waals surface area contributed by atoms with Gasteiger partial charge in [0.1, 0.15) is 0 Å². The van der Waals surface area contributed by atoms with E-state index in [0.29, 0.717) is 18.9 Å². The van der Waals surface area contributed by atoms with Crippen molar-refractivity contribution in [2.45, 2.75) is 51.6 Å². The standard InChI is InChI=1S/C19H25N5O2/c1-13(21-16(25)11-14-7-5-6-8-14)17-18(26)22-19(20)24(23-17)12-15-9-3-2-4-10-15/h2-4,9-10,13-14H,5-8,11-12H2,1H3,(H,21,25)(H2,20,22,26). The molecule has 1 atom stereocenters. The summed E-state index contributed by atoms with van der Waals surface area (Å²) < 4.78 is 1.49. The first kappa shape index (κ1) is 18.1. The molecular weight excluding hydrogens is 330 g/mol. The fraction of sp³-hybridized carbons (Fsp3) is 0.474. The van der Waals surface area contributed by atoms with Gasteiger partial charge >= 0.3 is 0 Å². The zero-order valence-corrected chi connectivity index (χ0v) is 15.0. The van der Waals surface area contributed by atoms with E-state index in [0.717, 1.165) is 18.4 Å². The highest BCUT2D eigenvalue weighted by atomic mass is 16.2. The average molecular weight is 355 g/mol. The van der Waals surface area contributed by atoms with Gasteiger partial charge in [0.25, 0.3) is 5.56 Å². The molecule has 1 aliphatic carbocycles. The smallest absolute Gasteiger partial charge is 0.298 e. The summed E-state index contributed by atoms with van der Waals surface area (Å²) in [4.78, 5) is 28.3. The Morgan fingerprint density at radius 2 is 2.00 bits per heavy atom. The Morgan fingerprint density at radius 3 is 2.69 bits per heavy atom. The molecule has 2 aromatic rings. The molecule has 1 aromatic carbocycles. The Kier molecular flexibility index (Phi) is 5.65. The van der Waals surface area contributed by atoms with E-state index in [1.807, 2.05) is 30.3 Å². The van der Waals surface area contributed by atoms with E-state index in [1.54, 1.807) is 6.92 Å². The maximum Gasteiger partial charge on any atom is 0.298 e. The summed E-state index contributed by atoms with van der Waals surface area (Å²) in [6.45, 7) is 2.16. The highest BCUT2D eigenvalue weighted by molar-refractivity contribution is 5.76. The van der Waals surface area contributed by atoms with Crippen molar-refractivity contribution in [2.24, 2.45) is 5.92 Å². The molecule has 0 aliphatic heterocycles. The first-order valence-corrected chi connectivity index (χ1v) is 9.10. The minimum absolute atomic E-state index is 0.0444. The highest BCUT2D eigenvalue weighted by Gasteiger charge is 2.22. The minimum Gasteiger partial charge on any atom is -0.368 e. The second-order valence-electron chi connectivity index (χ2n) is 6.95. The summed E-state index contributed by atoms with van der Waals surface area (Å²) in [6, 6.07) is 9.17. The molecule has 1 aliphatic rings. The molecule has 26 heavy (non-hydrogen) atoms. The van der Waals surface area contributed by atoms with Gasteiger partial charge in [-0.2, -0.15) is 10.1 Å². The quantitative estimate of drug-likeness (QED) is 0.825. The van der Waals surface area contributed by atoms with E-state index in [-0.39, 0.29) is 17.5 Å². The number of nitrogens with two attached hydrogens (primary N) is 1. The van der Waals surface area contributed by atoms with Crippen LogP contribution in [0.2, 0.25) is 0 Å². The molecule has 1 saturated carbocycles. The number of hydrogen-bond donors (Lipinski definition) is 2. The van der Waals surface area contributed by atoms with Crippen LogP contribution in [0.1, 0.15) is 56.3 Å². The number of amides is 1. The van der Waals surface area contributed by atoms with Gasteiger partial charge in [0.2, 0.25) is 11.9 Å². The van der Waals surface area contributed by atoms with Crippen molar-refractivity contribution in [1.82, 2.24) is 20.1 Å². The van der Waals surface area contributed by atoms with Crippen molar-refractivity contribution in [2.75, 3.05) is 5.73 Å². The van der Waals surface area contributed by atoms with Crippen LogP contribution in [-0.4, -0.2) is 20.7 Å².